The number of nitrogens with zero attached hydrogens (tertiary/aromatic N) is 3. The fraction of sp³-hybridized carbons (Fsp3) is 0.500. The summed E-state index contributed by atoms with van der Waals surface area (Å²) in [5.41, 5.74) is 0.961. The molecule has 1 aliphatic carbocycles. The zero-order valence-electron chi connectivity index (χ0n) is 15.6. The maximum absolute atomic E-state index is 12.4. The van der Waals surface area contributed by atoms with Crippen LogP contribution >= 0.6 is 11.3 Å². The molecule has 0 aromatic carbocycles. The molecular formula is C18H20N4O5S. The Labute approximate surface area is 165 Å². The van der Waals surface area contributed by atoms with Crippen LogP contribution in [0.5, 0.6) is 0 Å². The monoisotopic (exact) mass is 404 g/mol. The molecule has 148 valence electrons. The van der Waals surface area contributed by atoms with Gasteiger partial charge in [0.15, 0.2) is 10.8 Å². The molecule has 2 amide bonds. The van der Waals surface area contributed by atoms with Gasteiger partial charge in [-0.05, 0) is 26.7 Å². The summed E-state index contributed by atoms with van der Waals surface area (Å²) in [6.45, 7) is 4.48. The van der Waals surface area contributed by atoms with E-state index in [1.54, 1.807) is 24.8 Å². The van der Waals surface area contributed by atoms with Gasteiger partial charge in [-0.15, -0.1) is 11.3 Å². The van der Waals surface area contributed by atoms with E-state index in [4.69, 9.17) is 9.26 Å². The average Bonchev–Trinajstić information content (AvgIpc) is 3.29. The van der Waals surface area contributed by atoms with Gasteiger partial charge in [-0.25, -0.2) is 4.98 Å². The number of nitrogens with one attached hydrogen (secondary N) is 1. The molecule has 1 aliphatic heterocycles. The minimum absolute atomic E-state index is 0.180. The second kappa shape index (κ2) is 7.34. The maximum Gasteiger partial charge on any atom is 0.315 e. The van der Waals surface area contributed by atoms with Gasteiger partial charge >= 0.3 is 5.97 Å². The Morgan fingerprint density at radius 3 is 2.86 bits per heavy atom. The molecule has 4 rings (SSSR count). The number of fused-ring (bicyclic) bond motifs is 1. The highest BCUT2D eigenvalue weighted by atomic mass is 32.1. The number of esters is 1. The predicted octanol–water partition coefficient (Wildman–Crippen LogP) is 1.74. The molecule has 0 radical (unpaired) electrons. The van der Waals surface area contributed by atoms with Crippen LogP contribution in [0.15, 0.2) is 10.6 Å². The molecule has 2 aromatic heterocycles. The number of thiazole rings is 1. The van der Waals surface area contributed by atoms with Gasteiger partial charge in [0, 0.05) is 24.0 Å². The molecule has 0 saturated carbocycles. The smallest absolute Gasteiger partial charge is 0.315 e. The van der Waals surface area contributed by atoms with E-state index in [1.807, 2.05) is 0 Å². The number of likely N-dealkylation sites (tertiary alicyclic amines) is 1. The van der Waals surface area contributed by atoms with E-state index in [9.17, 15) is 14.4 Å². The summed E-state index contributed by atoms with van der Waals surface area (Å²) in [5.74, 6) is -0.764. The lowest BCUT2D eigenvalue weighted by Crippen LogP contribution is -2.54. The zero-order chi connectivity index (χ0) is 19.8. The lowest BCUT2D eigenvalue weighted by Gasteiger charge is -2.37. The molecule has 0 spiro atoms. The normalized spacial score (nSPS) is 18.5. The van der Waals surface area contributed by atoms with E-state index in [2.05, 4.69) is 15.5 Å². The fourth-order valence-corrected chi connectivity index (χ4v) is 4.44. The SMILES string of the molecule is CCOC(=O)C1CCc2sc(NC(=O)C3CN(C(=O)c4cc(C)on4)C3)nc21. The van der Waals surface area contributed by atoms with Crippen LogP contribution in [0.3, 0.4) is 0 Å². The fourth-order valence-electron chi connectivity index (χ4n) is 3.40. The van der Waals surface area contributed by atoms with Crippen LogP contribution in [0.25, 0.3) is 0 Å². The van der Waals surface area contributed by atoms with Gasteiger partial charge in [-0.3, -0.25) is 14.4 Å². The number of hydrogen-bond acceptors (Lipinski definition) is 8. The van der Waals surface area contributed by atoms with Crippen molar-refractivity contribution >= 4 is 34.3 Å². The third-order valence-electron chi connectivity index (χ3n) is 4.91. The summed E-state index contributed by atoms with van der Waals surface area (Å²) in [7, 11) is 0. The third kappa shape index (κ3) is 3.39. The minimum atomic E-state index is -0.348. The highest BCUT2D eigenvalue weighted by molar-refractivity contribution is 7.16. The number of ether oxygens (including phenoxy) is 1. The van der Waals surface area contributed by atoms with E-state index in [0.29, 0.717) is 42.7 Å². The average molecular weight is 404 g/mol. The lowest BCUT2D eigenvalue weighted by atomic mass is 9.99. The summed E-state index contributed by atoms with van der Waals surface area (Å²) >= 11 is 1.39. The van der Waals surface area contributed by atoms with Crippen LogP contribution in [-0.2, 0) is 20.7 Å². The third-order valence-corrected chi connectivity index (χ3v) is 5.95. The van der Waals surface area contributed by atoms with Gasteiger partial charge in [0.25, 0.3) is 5.91 Å². The van der Waals surface area contributed by atoms with Crippen LogP contribution in [0, 0.1) is 12.8 Å². The minimum Gasteiger partial charge on any atom is -0.465 e. The number of aryl methyl sites for hydroxylation is 2. The summed E-state index contributed by atoms with van der Waals surface area (Å²) < 4.78 is 10.0. The highest BCUT2D eigenvalue weighted by Gasteiger charge is 2.38. The van der Waals surface area contributed by atoms with Crippen molar-refractivity contribution in [2.24, 2.45) is 5.92 Å². The maximum atomic E-state index is 12.4. The number of rotatable bonds is 5. The Hall–Kier alpha value is -2.75. The molecule has 0 bridgehead atoms. The number of hydrogen-bond donors (Lipinski definition) is 1. The second-order valence-corrected chi connectivity index (χ2v) is 7.97. The number of carbonyl (C=O) groups excluding carboxylic acids is 3. The lowest BCUT2D eigenvalue weighted by molar-refractivity contribution is -0.145. The van der Waals surface area contributed by atoms with Crippen LogP contribution in [0.2, 0.25) is 0 Å². The quantitative estimate of drug-likeness (QED) is 0.755. The van der Waals surface area contributed by atoms with Gasteiger partial charge in [-0.1, -0.05) is 5.16 Å². The number of anilines is 1. The van der Waals surface area contributed by atoms with Gasteiger partial charge in [0.1, 0.15) is 11.7 Å². The van der Waals surface area contributed by atoms with Crippen molar-refractivity contribution in [1.29, 1.82) is 0 Å². The first-order chi connectivity index (χ1) is 13.5. The Morgan fingerprint density at radius 2 is 2.18 bits per heavy atom. The van der Waals surface area contributed by atoms with Crippen LogP contribution in [-0.4, -0.2) is 52.5 Å². The Balaban J connectivity index is 1.33. The van der Waals surface area contributed by atoms with Crippen molar-refractivity contribution in [2.75, 3.05) is 25.0 Å². The van der Waals surface area contributed by atoms with Crippen molar-refractivity contribution < 1.29 is 23.6 Å². The summed E-state index contributed by atoms with van der Waals surface area (Å²) in [5, 5.41) is 7.01. The number of amides is 2. The van der Waals surface area contributed by atoms with Crippen molar-refractivity contribution in [3.63, 3.8) is 0 Å². The molecule has 9 nitrogen and oxygen atoms in total. The molecule has 1 saturated heterocycles. The summed E-state index contributed by atoms with van der Waals surface area (Å²) in [6, 6.07) is 1.58. The van der Waals surface area contributed by atoms with Crippen molar-refractivity contribution in [1.82, 2.24) is 15.0 Å². The second-order valence-electron chi connectivity index (χ2n) is 6.89. The first kappa shape index (κ1) is 18.6. The van der Waals surface area contributed by atoms with E-state index in [1.165, 1.54) is 11.3 Å². The van der Waals surface area contributed by atoms with E-state index in [-0.39, 0.29) is 35.3 Å². The topological polar surface area (TPSA) is 115 Å². The van der Waals surface area contributed by atoms with Crippen LogP contribution < -0.4 is 5.32 Å². The molecule has 28 heavy (non-hydrogen) atoms. The predicted molar refractivity (Wildman–Crippen MR) is 99.1 cm³/mol. The van der Waals surface area contributed by atoms with Crippen LogP contribution in [0.4, 0.5) is 5.13 Å². The number of aromatic nitrogens is 2. The van der Waals surface area contributed by atoms with Crippen molar-refractivity contribution in [2.45, 2.75) is 32.6 Å². The first-order valence-corrected chi connectivity index (χ1v) is 9.97. The molecule has 2 aliphatic rings. The summed E-state index contributed by atoms with van der Waals surface area (Å²) in [4.78, 5) is 43.7. The largest absolute Gasteiger partial charge is 0.465 e. The zero-order valence-corrected chi connectivity index (χ0v) is 16.4. The highest BCUT2D eigenvalue weighted by Crippen LogP contribution is 2.39. The van der Waals surface area contributed by atoms with Crippen molar-refractivity contribution in [3.05, 3.63) is 28.1 Å². The molecule has 3 heterocycles. The van der Waals surface area contributed by atoms with Gasteiger partial charge in [-0.2, -0.15) is 0 Å². The number of carbonyl (C=O) groups is 3. The van der Waals surface area contributed by atoms with E-state index in [0.717, 1.165) is 11.3 Å². The molecule has 1 N–H and O–H groups in total. The molecule has 2 aromatic rings. The molecule has 1 fully saturated rings. The Kier molecular flexibility index (Phi) is 4.88. The van der Waals surface area contributed by atoms with Gasteiger partial charge < -0.3 is 19.5 Å². The molecule has 10 heteroatoms. The van der Waals surface area contributed by atoms with Gasteiger partial charge in [0.2, 0.25) is 5.91 Å². The molecular weight excluding hydrogens is 384 g/mol. The van der Waals surface area contributed by atoms with Gasteiger partial charge in [0.05, 0.1) is 18.2 Å². The summed E-state index contributed by atoms with van der Waals surface area (Å²) in [6.07, 6.45) is 1.46. The Bertz CT molecular complexity index is 930. The molecule has 1 atom stereocenters. The molecule has 1 unspecified atom stereocenters. The van der Waals surface area contributed by atoms with E-state index >= 15 is 0 Å². The van der Waals surface area contributed by atoms with Crippen molar-refractivity contribution in [3.8, 4) is 0 Å². The standard InChI is InChI=1S/C18H20N4O5S/c1-3-26-17(25)11-4-5-13-14(11)19-18(28-13)20-15(23)10-7-22(8-10)16(24)12-6-9(2)27-21-12/h6,10-11H,3-5,7-8H2,1-2H3,(H,19,20,23). The van der Waals surface area contributed by atoms with Crippen LogP contribution in [0.1, 0.15) is 46.1 Å². The van der Waals surface area contributed by atoms with E-state index < -0.39 is 0 Å². The first-order valence-electron chi connectivity index (χ1n) is 9.16. The Morgan fingerprint density at radius 1 is 1.39 bits per heavy atom.